The highest BCUT2D eigenvalue weighted by Crippen LogP contribution is 2.29. The molecule has 0 radical (unpaired) electrons. The van der Waals surface area contributed by atoms with E-state index in [1.165, 1.54) is 11.1 Å². The molecule has 4 N–H and O–H groups in total. The Labute approximate surface area is 103 Å². The van der Waals surface area contributed by atoms with Crippen LogP contribution in [0, 0.1) is 0 Å². The molecule has 1 aliphatic carbocycles. The molecule has 1 aliphatic rings. The van der Waals surface area contributed by atoms with E-state index in [4.69, 9.17) is 11.5 Å². The number of hydrogen-bond donors (Lipinski definition) is 2. The number of hydrogen-bond acceptors (Lipinski definition) is 2. The zero-order chi connectivity index (χ0) is 10.9. The highest BCUT2D eigenvalue weighted by atomic mass is 127. The molecule has 0 saturated carbocycles. The Morgan fingerprint density at radius 2 is 1.87 bits per heavy atom. The summed E-state index contributed by atoms with van der Waals surface area (Å²) >= 11 is 2.25. The van der Waals surface area contributed by atoms with Gasteiger partial charge in [-0.1, -0.05) is 53.0 Å². The Morgan fingerprint density at radius 3 is 2.40 bits per heavy atom. The van der Waals surface area contributed by atoms with Crippen LogP contribution < -0.4 is 11.5 Å². The van der Waals surface area contributed by atoms with Crippen molar-refractivity contribution in [3.05, 3.63) is 48.1 Å². The van der Waals surface area contributed by atoms with Gasteiger partial charge in [-0.05, 0) is 29.7 Å². The molecule has 0 amide bonds. The van der Waals surface area contributed by atoms with E-state index in [0.29, 0.717) is 0 Å². The molecule has 0 bridgehead atoms. The van der Waals surface area contributed by atoms with E-state index < -0.39 is 0 Å². The third-order valence-corrected chi connectivity index (χ3v) is 3.22. The number of anilines is 1. The van der Waals surface area contributed by atoms with Gasteiger partial charge in [-0.25, -0.2) is 0 Å². The maximum absolute atomic E-state index is 5.98. The lowest BCUT2D eigenvalue weighted by Gasteiger charge is -2.20. The Kier molecular flexibility index (Phi) is 2.84. The van der Waals surface area contributed by atoms with Gasteiger partial charge < -0.3 is 11.5 Å². The third-order valence-electron chi connectivity index (χ3n) is 2.42. The Morgan fingerprint density at radius 1 is 1.20 bits per heavy atom. The van der Waals surface area contributed by atoms with Crippen LogP contribution in [0.4, 0.5) is 5.69 Å². The summed E-state index contributed by atoms with van der Waals surface area (Å²) in [7, 11) is 0. The monoisotopic (exact) mass is 312 g/mol. The summed E-state index contributed by atoms with van der Waals surface area (Å²) in [6.07, 6.45) is 7.14. The Bertz CT molecular complexity index is 416. The maximum atomic E-state index is 5.98. The normalized spacial score (nSPS) is 25.1. The van der Waals surface area contributed by atoms with Crippen molar-refractivity contribution < 1.29 is 0 Å². The third kappa shape index (κ3) is 2.60. The molecule has 1 atom stereocenters. The predicted molar refractivity (Wildman–Crippen MR) is 73.5 cm³/mol. The van der Waals surface area contributed by atoms with E-state index in [1.807, 2.05) is 30.3 Å². The standard InChI is InChI=1S/C12H13IN2/c13-12(15)7-5-10(6-8-12)9-1-3-11(14)4-2-9/h1-7H,8,14-15H2. The summed E-state index contributed by atoms with van der Waals surface area (Å²) in [4.78, 5) is 0. The van der Waals surface area contributed by atoms with Crippen molar-refractivity contribution in [2.45, 2.75) is 9.97 Å². The molecular weight excluding hydrogens is 299 g/mol. The second-order valence-corrected chi connectivity index (χ2v) is 5.75. The first-order chi connectivity index (χ1) is 7.07. The molecule has 1 unspecified atom stereocenters. The fourth-order valence-corrected chi connectivity index (χ4v) is 1.92. The summed E-state index contributed by atoms with van der Waals surface area (Å²) < 4.78 is -0.227. The summed E-state index contributed by atoms with van der Waals surface area (Å²) in [5, 5.41) is 0. The van der Waals surface area contributed by atoms with Gasteiger partial charge in [0.25, 0.3) is 0 Å². The van der Waals surface area contributed by atoms with Crippen LogP contribution in [0.25, 0.3) is 5.57 Å². The molecule has 0 spiro atoms. The van der Waals surface area contributed by atoms with E-state index in [0.717, 1.165) is 12.1 Å². The largest absolute Gasteiger partial charge is 0.399 e. The highest BCUT2D eigenvalue weighted by molar-refractivity contribution is 14.1. The molecule has 0 fully saturated rings. The van der Waals surface area contributed by atoms with E-state index in [9.17, 15) is 0 Å². The molecule has 0 saturated heterocycles. The summed E-state index contributed by atoms with van der Waals surface area (Å²) in [5.41, 5.74) is 14.8. The quantitative estimate of drug-likeness (QED) is 0.362. The summed E-state index contributed by atoms with van der Waals surface area (Å²) in [5.74, 6) is 0. The number of nitrogen functional groups attached to an aromatic ring is 1. The van der Waals surface area contributed by atoms with Gasteiger partial charge in [0.2, 0.25) is 0 Å². The minimum atomic E-state index is -0.227. The van der Waals surface area contributed by atoms with Crippen LogP contribution in [-0.2, 0) is 0 Å². The van der Waals surface area contributed by atoms with E-state index in [-0.39, 0.29) is 3.55 Å². The Hall–Kier alpha value is -0.810. The maximum Gasteiger partial charge on any atom is 0.0903 e. The van der Waals surface area contributed by atoms with Gasteiger partial charge in [0, 0.05) is 5.69 Å². The zero-order valence-electron chi connectivity index (χ0n) is 8.28. The van der Waals surface area contributed by atoms with Crippen LogP contribution in [0.3, 0.4) is 0 Å². The van der Waals surface area contributed by atoms with Crippen LogP contribution in [0.5, 0.6) is 0 Å². The molecule has 1 aromatic carbocycles. The number of alkyl halides is 1. The van der Waals surface area contributed by atoms with Crippen molar-refractivity contribution >= 4 is 33.9 Å². The van der Waals surface area contributed by atoms with Gasteiger partial charge in [-0.2, -0.15) is 0 Å². The molecule has 0 heterocycles. The number of benzene rings is 1. The van der Waals surface area contributed by atoms with Crippen LogP contribution in [0.1, 0.15) is 12.0 Å². The molecular formula is C12H13IN2. The second-order valence-electron chi connectivity index (χ2n) is 3.75. The number of rotatable bonds is 1. The first-order valence-corrected chi connectivity index (χ1v) is 5.88. The van der Waals surface area contributed by atoms with Gasteiger partial charge in [-0.3, -0.25) is 0 Å². The van der Waals surface area contributed by atoms with E-state index >= 15 is 0 Å². The first-order valence-electron chi connectivity index (χ1n) is 4.80. The first kappa shape index (κ1) is 10.7. The molecule has 78 valence electrons. The van der Waals surface area contributed by atoms with Crippen molar-refractivity contribution in [2.24, 2.45) is 5.73 Å². The lowest BCUT2D eigenvalue weighted by atomic mass is 9.97. The number of halogens is 1. The average Bonchev–Trinajstić information content (AvgIpc) is 2.20. The van der Waals surface area contributed by atoms with Crippen LogP contribution >= 0.6 is 22.6 Å². The van der Waals surface area contributed by atoms with Crippen molar-refractivity contribution in [3.8, 4) is 0 Å². The molecule has 0 aromatic heterocycles. The molecule has 2 rings (SSSR count). The summed E-state index contributed by atoms with van der Waals surface area (Å²) in [6.45, 7) is 0. The number of nitrogens with two attached hydrogens (primary N) is 2. The van der Waals surface area contributed by atoms with E-state index in [1.54, 1.807) is 0 Å². The smallest absolute Gasteiger partial charge is 0.0903 e. The van der Waals surface area contributed by atoms with Gasteiger partial charge in [0.15, 0.2) is 0 Å². The predicted octanol–water partition coefficient (Wildman–Crippen LogP) is 2.70. The zero-order valence-corrected chi connectivity index (χ0v) is 10.4. The molecule has 2 nitrogen and oxygen atoms in total. The minimum Gasteiger partial charge on any atom is -0.399 e. The van der Waals surface area contributed by atoms with Crippen molar-refractivity contribution in [2.75, 3.05) is 5.73 Å². The fraction of sp³-hybridized carbons (Fsp3) is 0.167. The fourth-order valence-electron chi connectivity index (χ4n) is 1.52. The van der Waals surface area contributed by atoms with Crippen LogP contribution in [-0.4, -0.2) is 3.55 Å². The van der Waals surface area contributed by atoms with Crippen molar-refractivity contribution in [1.29, 1.82) is 0 Å². The minimum absolute atomic E-state index is 0.227. The lowest BCUT2D eigenvalue weighted by Crippen LogP contribution is -2.29. The van der Waals surface area contributed by atoms with E-state index in [2.05, 4.69) is 34.7 Å². The van der Waals surface area contributed by atoms with Gasteiger partial charge in [0.05, 0.1) is 3.55 Å². The Balaban J connectivity index is 2.24. The molecule has 1 aromatic rings. The van der Waals surface area contributed by atoms with Crippen molar-refractivity contribution in [1.82, 2.24) is 0 Å². The summed E-state index contributed by atoms with van der Waals surface area (Å²) in [6, 6.07) is 7.89. The van der Waals surface area contributed by atoms with Gasteiger partial charge >= 0.3 is 0 Å². The molecule has 3 heteroatoms. The van der Waals surface area contributed by atoms with Gasteiger partial charge in [-0.15, -0.1) is 0 Å². The van der Waals surface area contributed by atoms with Crippen LogP contribution in [0.15, 0.2) is 42.5 Å². The molecule has 15 heavy (non-hydrogen) atoms. The average molecular weight is 312 g/mol. The number of allylic oxidation sites excluding steroid dienone is 2. The lowest BCUT2D eigenvalue weighted by molar-refractivity contribution is 0.797. The van der Waals surface area contributed by atoms with Crippen LogP contribution in [0.2, 0.25) is 0 Å². The van der Waals surface area contributed by atoms with Gasteiger partial charge in [0.1, 0.15) is 0 Å². The molecule has 0 aliphatic heterocycles. The van der Waals surface area contributed by atoms with Crippen molar-refractivity contribution in [3.63, 3.8) is 0 Å². The second kappa shape index (κ2) is 3.98. The SMILES string of the molecule is Nc1ccc(C2=CCC(N)(I)C=C2)cc1. The highest BCUT2D eigenvalue weighted by Gasteiger charge is 2.18. The topological polar surface area (TPSA) is 52.0 Å².